The molecule has 0 radical (unpaired) electrons. The van der Waals surface area contributed by atoms with Gasteiger partial charge in [0.2, 0.25) is 0 Å². The fourth-order valence-electron chi connectivity index (χ4n) is 2.58. The maximum absolute atomic E-state index is 2.40. The summed E-state index contributed by atoms with van der Waals surface area (Å²) in [6.07, 6.45) is 5.20. The lowest BCUT2D eigenvalue weighted by atomic mass is 9.93. The average Bonchev–Trinajstić information content (AvgIpc) is 2.54. The highest BCUT2D eigenvalue weighted by Crippen LogP contribution is 2.30. The monoisotopic (exact) mass is 174 g/mol. The fraction of sp³-hybridized carbons (Fsp3) is 0.538. The Hall–Kier alpha value is -0.780. The van der Waals surface area contributed by atoms with Crippen LogP contribution >= 0.6 is 0 Å². The fourth-order valence-corrected chi connectivity index (χ4v) is 2.58. The molecule has 0 unspecified atom stereocenters. The number of benzene rings is 1. The van der Waals surface area contributed by atoms with Gasteiger partial charge in [-0.05, 0) is 67.3 Å². The minimum atomic E-state index is 1.20. The predicted octanol–water partition coefficient (Wildman–Crippen LogP) is 3.35. The van der Waals surface area contributed by atoms with Crippen LogP contribution in [0.5, 0.6) is 0 Å². The first-order chi connectivity index (χ1) is 6.24. The predicted molar refractivity (Wildman–Crippen MR) is 57.3 cm³/mol. The molecule has 70 valence electrons. The minimum absolute atomic E-state index is 1.20. The molecule has 0 spiro atoms. The van der Waals surface area contributed by atoms with Crippen LogP contribution in [0.25, 0.3) is 0 Å². The van der Waals surface area contributed by atoms with Gasteiger partial charge >= 0.3 is 0 Å². The van der Waals surface area contributed by atoms with E-state index in [1.54, 1.807) is 16.7 Å². The van der Waals surface area contributed by atoms with Crippen LogP contribution in [0.1, 0.15) is 41.2 Å². The molecule has 1 aromatic rings. The number of rotatable bonds is 1. The Morgan fingerprint density at radius 1 is 1.23 bits per heavy atom. The number of hydrogen-bond donors (Lipinski definition) is 0. The molecule has 1 aliphatic carbocycles. The van der Waals surface area contributed by atoms with E-state index in [0.717, 1.165) is 0 Å². The van der Waals surface area contributed by atoms with Gasteiger partial charge in [0.25, 0.3) is 0 Å². The van der Waals surface area contributed by atoms with E-state index >= 15 is 0 Å². The normalized spacial score (nSPS) is 14.7. The van der Waals surface area contributed by atoms with Crippen molar-refractivity contribution in [3.8, 4) is 0 Å². The van der Waals surface area contributed by atoms with Crippen LogP contribution in [-0.2, 0) is 19.3 Å². The maximum atomic E-state index is 2.40. The quantitative estimate of drug-likeness (QED) is 0.612. The summed E-state index contributed by atoms with van der Waals surface area (Å²) >= 11 is 0. The van der Waals surface area contributed by atoms with Crippen LogP contribution in [0, 0.1) is 13.8 Å². The SMILES string of the molecule is CCc1c(C)c(C)cc2c1CCC2. The second-order valence-corrected chi connectivity index (χ2v) is 4.14. The Balaban J connectivity index is 2.64. The molecule has 1 aliphatic rings. The molecule has 0 saturated heterocycles. The van der Waals surface area contributed by atoms with Crippen molar-refractivity contribution in [2.75, 3.05) is 0 Å². The zero-order valence-corrected chi connectivity index (χ0v) is 8.91. The highest BCUT2D eigenvalue weighted by Gasteiger charge is 2.16. The second-order valence-electron chi connectivity index (χ2n) is 4.14. The molecule has 0 nitrogen and oxygen atoms in total. The summed E-state index contributed by atoms with van der Waals surface area (Å²) in [7, 11) is 0. The van der Waals surface area contributed by atoms with Crippen molar-refractivity contribution in [3.05, 3.63) is 33.9 Å². The molecule has 13 heavy (non-hydrogen) atoms. The first-order valence-corrected chi connectivity index (χ1v) is 5.35. The van der Waals surface area contributed by atoms with E-state index in [1.165, 1.54) is 36.8 Å². The minimum Gasteiger partial charge on any atom is -0.0613 e. The average molecular weight is 174 g/mol. The van der Waals surface area contributed by atoms with Crippen LogP contribution in [-0.4, -0.2) is 0 Å². The lowest BCUT2D eigenvalue weighted by Crippen LogP contribution is -1.98. The molecule has 0 fully saturated rings. The summed E-state index contributed by atoms with van der Waals surface area (Å²) in [6.45, 7) is 6.79. The van der Waals surface area contributed by atoms with Gasteiger partial charge in [0, 0.05) is 0 Å². The number of hydrogen-bond acceptors (Lipinski definition) is 0. The molecule has 0 heterocycles. The zero-order valence-electron chi connectivity index (χ0n) is 8.91. The van der Waals surface area contributed by atoms with Crippen molar-refractivity contribution in [3.63, 3.8) is 0 Å². The number of aryl methyl sites for hydroxylation is 2. The number of fused-ring (bicyclic) bond motifs is 1. The van der Waals surface area contributed by atoms with Crippen molar-refractivity contribution in [1.82, 2.24) is 0 Å². The van der Waals surface area contributed by atoms with E-state index in [-0.39, 0.29) is 0 Å². The molecule has 0 amide bonds. The van der Waals surface area contributed by atoms with E-state index in [1.807, 2.05) is 0 Å². The van der Waals surface area contributed by atoms with Gasteiger partial charge in [0.1, 0.15) is 0 Å². The molecule has 0 aromatic heterocycles. The van der Waals surface area contributed by atoms with E-state index < -0.39 is 0 Å². The highest BCUT2D eigenvalue weighted by atomic mass is 14.2. The van der Waals surface area contributed by atoms with Gasteiger partial charge < -0.3 is 0 Å². The molecule has 0 aliphatic heterocycles. The maximum Gasteiger partial charge on any atom is -0.0270 e. The highest BCUT2D eigenvalue weighted by molar-refractivity contribution is 5.47. The zero-order chi connectivity index (χ0) is 9.42. The van der Waals surface area contributed by atoms with E-state index in [9.17, 15) is 0 Å². The van der Waals surface area contributed by atoms with Crippen LogP contribution in [0.2, 0.25) is 0 Å². The van der Waals surface area contributed by atoms with Crippen molar-refractivity contribution >= 4 is 0 Å². The lowest BCUT2D eigenvalue weighted by Gasteiger charge is -2.13. The van der Waals surface area contributed by atoms with Crippen molar-refractivity contribution in [2.45, 2.75) is 46.5 Å². The van der Waals surface area contributed by atoms with Gasteiger partial charge in [-0.1, -0.05) is 13.0 Å². The third-order valence-corrected chi connectivity index (χ3v) is 3.41. The molecule has 1 aromatic carbocycles. The summed E-state index contributed by atoms with van der Waals surface area (Å²) in [4.78, 5) is 0. The molecule has 0 atom stereocenters. The van der Waals surface area contributed by atoms with E-state index in [4.69, 9.17) is 0 Å². The Morgan fingerprint density at radius 3 is 2.69 bits per heavy atom. The third kappa shape index (κ3) is 1.29. The van der Waals surface area contributed by atoms with Crippen LogP contribution in [0.15, 0.2) is 6.07 Å². The molecule has 2 rings (SSSR count). The van der Waals surface area contributed by atoms with Gasteiger partial charge in [-0.2, -0.15) is 0 Å². The molecule has 0 saturated carbocycles. The lowest BCUT2D eigenvalue weighted by molar-refractivity contribution is 0.904. The molecule has 0 heteroatoms. The van der Waals surface area contributed by atoms with Crippen molar-refractivity contribution in [2.24, 2.45) is 0 Å². The van der Waals surface area contributed by atoms with Gasteiger partial charge in [0.15, 0.2) is 0 Å². The van der Waals surface area contributed by atoms with Crippen LogP contribution in [0.4, 0.5) is 0 Å². The van der Waals surface area contributed by atoms with Gasteiger partial charge in [-0.15, -0.1) is 0 Å². The third-order valence-electron chi connectivity index (χ3n) is 3.41. The Morgan fingerprint density at radius 2 is 2.00 bits per heavy atom. The summed E-state index contributed by atoms with van der Waals surface area (Å²) in [6, 6.07) is 2.40. The first kappa shape index (κ1) is 8.80. The van der Waals surface area contributed by atoms with Crippen molar-refractivity contribution < 1.29 is 0 Å². The molecular formula is C13H18. The Labute approximate surface area is 81.0 Å². The van der Waals surface area contributed by atoms with E-state index in [0.29, 0.717) is 0 Å². The first-order valence-electron chi connectivity index (χ1n) is 5.35. The van der Waals surface area contributed by atoms with E-state index in [2.05, 4.69) is 26.8 Å². The van der Waals surface area contributed by atoms with Crippen LogP contribution < -0.4 is 0 Å². The summed E-state index contributed by atoms with van der Waals surface area (Å²) in [5, 5.41) is 0. The molecular weight excluding hydrogens is 156 g/mol. The topological polar surface area (TPSA) is 0 Å². The van der Waals surface area contributed by atoms with Crippen LogP contribution in [0.3, 0.4) is 0 Å². The van der Waals surface area contributed by atoms with Crippen molar-refractivity contribution in [1.29, 1.82) is 0 Å². The Kier molecular flexibility index (Phi) is 2.15. The second kappa shape index (κ2) is 3.17. The summed E-state index contributed by atoms with van der Waals surface area (Å²) < 4.78 is 0. The molecule has 0 bridgehead atoms. The van der Waals surface area contributed by atoms with Gasteiger partial charge in [-0.3, -0.25) is 0 Å². The standard InChI is InChI=1S/C13H18/c1-4-12-10(3)9(2)8-11-6-5-7-13(11)12/h8H,4-7H2,1-3H3. The van der Waals surface area contributed by atoms with Gasteiger partial charge in [0.05, 0.1) is 0 Å². The largest absolute Gasteiger partial charge is 0.0613 e. The summed E-state index contributed by atoms with van der Waals surface area (Å²) in [5.74, 6) is 0. The van der Waals surface area contributed by atoms with Gasteiger partial charge in [-0.25, -0.2) is 0 Å². The Bertz CT molecular complexity index is 334. The smallest absolute Gasteiger partial charge is 0.0270 e. The summed E-state index contributed by atoms with van der Waals surface area (Å²) in [5.41, 5.74) is 7.94. The molecule has 0 N–H and O–H groups in total.